The Labute approximate surface area is 155 Å². The van der Waals surface area contributed by atoms with Gasteiger partial charge >= 0.3 is 6.03 Å². The summed E-state index contributed by atoms with van der Waals surface area (Å²) < 4.78 is 0.771. The van der Waals surface area contributed by atoms with Crippen molar-refractivity contribution >= 4 is 45.5 Å². The second-order valence-electron chi connectivity index (χ2n) is 5.18. The summed E-state index contributed by atoms with van der Waals surface area (Å²) in [5.74, 6) is -2.34. The van der Waals surface area contributed by atoms with Gasteiger partial charge in [-0.25, -0.2) is 9.69 Å². The fourth-order valence-corrected chi connectivity index (χ4v) is 2.54. The molecule has 1 aliphatic heterocycles. The zero-order chi connectivity index (χ0) is 18.1. The quantitative estimate of drug-likeness (QED) is 0.385. The van der Waals surface area contributed by atoms with E-state index >= 15 is 0 Å². The molecule has 9 heteroatoms. The molecular weight excluding hydrogens is 408 g/mol. The van der Waals surface area contributed by atoms with Gasteiger partial charge in [0.15, 0.2) is 11.5 Å². The standard InChI is InChI=1S/C17H11BrN2O5.H2O/c18-10-2-4-11(5-3-10)20-16(24)12(15(23)19-17(20)25)7-9-1-6-13(21)14(22)8-9;/h1-8,21-22H,(H,19,23,25);1H2/b12-7+;. The third kappa shape index (κ3) is 3.58. The van der Waals surface area contributed by atoms with E-state index in [2.05, 4.69) is 21.2 Å². The van der Waals surface area contributed by atoms with Crippen LogP contribution in [0.15, 0.2) is 52.5 Å². The van der Waals surface area contributed by atoms with Gasteiger partial charge in [0.05, 0.1) is 5.69 Å². The van der Waals surface area contributed by atoms with Crippen molar-refractivity contribution in [2.24, 2.45) is 0 Å². The summed E-state index contributed by atoms with van der Waals surface area (Å²) in [5.41, 5.74) is 0.351. The number of benzene rings is 2. The summed E-state index contributed by atoms with van der Waals surface area (Å²) in [7, 11) is 0. The van der Waals surface area contributed by atoms with E-state index in [1.807, 2.05) is 0 Å². The van der Waals surface area contributed by atoms with Gasteiger partial charge in [0.25, 0.3) is 11.8 Å². The monoisotopic (exact) mass is 420 g/mol. The summed E-state index contributed by atoms with van der Waals surface area (Å²) in [5, 5.41) is 21.0. The molecule has 8 nitrogen and oxygen atoms in total. The molecule has 5 N–H and O–H groups in total. The minimum Gasteiger partial charge on any atom is -0.504 e. The summed E-state index contributed by atoms with van der Waals surface area (Å²) in [6.45, 7) is 0. The molecule has 0 saturated carbocycles. The first-order chi connectivity index (χ1) is 11.9. The van der Waals surface area contributed by atoms with E-state index in [0.29, 0.717) is 11.3 Å². The van der Waals surface area contributed by atoms with E-state index in [0.717, 1.165) is 9.37 Å². The maximum Gasteiger partial charge on any atom is 0.335 e. The molecule has 1 fully saturated rings. The van der Waals surface area contributed by atoms with E-state index in [9.17, 15) is 24.6 Å². The number of carbonyl (C=O) groups excluding carboxylic acids is 3. The third-order valence-corrected chi connectivity index (χ3v) is 4.03. The number of hydrogen-bond donors (Lipinski definition) is 3. The highest BCUT2D eigenvalue weighted by molar-refractivity contribution is 9.10. The number of nitrogens with zero attached hydrogens (tertiary/aromatic N) is 1. The van der Waals surface area contributed by atoms with Gasteiger partial charge in [-0.3, -0.25) is 14.9 Å². The van der Waals surface area contributed by atoms with Crippen LogP contribution in [0.2, 0.25) is 0 Å². The van der Waals surface area contributed by atoms with Crippen LogP contribution in [0.3, 0.4) is 0 Å². The van der Waals surface area contributed by atoms with E-state index in [1.54, 1.807) is 24.3 Å². The van der Waals surface area contributed by atoms with E-state index in [4.69, 9.17) is 0 Å². The largest absolute Gasteiger partial charge is 0.504 e. The van der Waals surface area contributed by atoms with E-state index in [1.165, 1.54) is 24.3 Å². The Bertz CT molecular complexity index is 923. The zero-order valence-corrected chi connectivity index (χ0v) is 14.6. The van der Waals surface area contributed by atoms with Crippen molar-refractivity contribution in [2.45, 2.75) is 0 Å². The molecule has 0 radical (unpaired) electrons. The van der Waals surface area contributed by atoms with Crippen LogP contribution < -0.4 is 10.2 Å². The molecule has 2 aromatic rings. The van der Waals surface area contributed by atoms with Crippen LogP contribution in [0.4, 0.5) is 10.5 Å². The number of barbiturate groups is 1. The number of imide groups is 2. The lowest BCUT2D eigenvalue weighted by Gasteiger charge is -2.26. The maximum absolute atomic E-state index is 12.6. The van der Waals surface area contributed by atoms with Crippen LogP contribution in [-0.4, -0.2) is 33.5 Å². The van der Waals surface area contributed by atoms with Crippen molar-refractivity contribution in [1.29, 1.82) is 0 Å². The molecule has 0 bridgehead atoms. The molecule has 0 atom stereocenters. The van der Waals surface area contributed by atoms with Crippen LogP contribution in [0, 0.1) is 0 Å². The summed E-state index contributed by atoms with van der Waals surface area (Å²) in [4.78, 5) is 37.6. The Morgan fingerprint density at radius 2 is 1.62 bits per heavy atom. The molecule has 1 aliphatic rings. The molecule has 0 aromatic heterocycles. The first-order valence-electron chi connectivity index (χ1n) is 7.06. The maximum atomic E-state index is 12.6. The number of urea groups is 1. The lowest BCUT2D eigenvalue weighted by molar-refractivity contribution is -0.122. The van der Waals surface area contributed by atoms with Crippen molar-refractivity contribution in [3.8, 4) is 11.5 Å². The van der Waals surface area contributed by atoms with Crippen molar-refractivity contribution in [1.82, 2.24) is 5.32 Å². The van der Waals surface area contributed by atoms with Crippen LogP contribution in [-0.2, 0) is 9.59 Å². The second kappa shape index (κ2) is 7.38. The normalized spacial score (nSPS) is 15.7. The third-order valence-electron chi connectivity index (χ3n) is 3.50. The molecule has 1 saturated heterocycles. The van der Waals surface area contributed by atoms with Crippen molar-refractivity contribution in [3.05, 3.63) is 58.1 Å². The minimum atomic E-state index is -0.844. The van der Waals surface area contributed by atoms with Crippen LogP contribution >= 0.6 is 15.9 Å². The van der Waals surface area contributed by atoms with Crippen molar-refractivity contribution < 1.29 is 30.1 Å². The topological polar surface area (TPSA) is 138 Å². The number of phenolic OH excluding ortho intramolecular Hbond substituents is 2. The highest BCUT2D eigenvalue weighted by Gasteiger charge is 2.36. The molecular formula is C17H13BrN2O6. The van der Waals surface area contributed by atoms with Gasteiger partial charge < -0.3 is 15.7 Å². The second-order valence-corrected chi connectivity index (χ2v) is 6.10. The Balaban J connectivity index is 0.00000243. The lowest BCUT2D eigenvalue weighted by Crippen LogP contribution is -2.54. The molecule has 134 valence electrons. The van der Waals surface area contributed by atoms with Gasteiger partial charge in [-0.2, -0.15) is 0 Å². The number of nitrogens with one attached hydrogen (secondary N) is 1. The van der Waals surface area contributed by atoms with E-state index < -0.39 is 17.8 Å². The molecule has 26 heavy (non-hydrogen) atoms. The predicted octanol–water partition coefficient (Wildman–Crippen LogP) is 1.70. The first-order valence-corrected chi connectivity index (χ1v) is 7.85. The van der Waals surface area contributed by atoms with Gasteiger partial charge in [-0.15, -0.1) is 0 Å². The summed E-state index contributed by atoms with van der Waals surface area (Å²) in [6, 6.07) is 9.43. The lowest BCUT2D eigenvalue weighted by atomic mass is 10.1. The number of anilines is 1. The van der Waals surface area contributed by atoms with Gasteiger partial charge in [0.2, 0.25) is 0 Å². The molecule has 1 heterocycles. The number of aromatic hydroxyl groups is 2. The van der Waals surface area contributed by atoms with Crippen LogP contribution in [0.5, 0.6) is 11.5 Å². The number of rotatable bonds is 2. The SMILES string of the molecule is O.O=C1NC(=O)N(c2ccc(Br)cc2)C(=O)/C1=C/c1ccc(O)c(O)c1. The van der Waals surface area contributed by atoms with Gasteiger partial charge in [0.1, 0.15) is 5.57 Å². The first kappa shape index (κ1) is 19.2. The van der Waals surface area contributed by atoms with Gasteiger partial charge in [-0.1, -0.05) is 22.0 Å². The predicted molar refractivity (Wildman–Crippen MR) is 96.5 cm³/mol. The molecule has 4 amide bonds. The number of amides is 4. The number of hydrogen-bond acceptors (Lipinski definition) is 5. The van der Waals surface area contributed by atoms with Gasteiger partial charge in [0, 0.05) is 4.47 Å². The molecule has 3 rings (SSSR count). The zero-order valence-electron chi connectivity index (χ0n) is 13.1. The van der Waals surface area contributed by atoms with Crippen LogP contribution in [0.25, 0.3) is 6.08 Å². The molecule has 0 aliphatic carbocycles. The van der Waals surface area contributed by atoms with Crippen LogP contribution in [0.1, 0.15) is 5.56 Å². The minimum absolute atomic E-state index is 0. The Kier molecular flexibility index (Phi) is 5.44. The highest BCUT2D eigenvalue weighted by Crippen LogP contribution is 2.27. The molecule has 2 aromatic carbocycles. The van der Waals surface area contributed by atoms with Crippen molar-refractivity contribution in [2.75, 3.05) is 4.90 Å². The fourth-order valence-electron chi connectivity index (χ4n) is 2.28. The number of phenols is 2. The number of halogens is 1. The Morgan fingerprint density at radius 1 is 0.962 bits per heavy atom. The molecule has 0 unspecified atom stereocenters. The number of carbonyl (C=O) groups is 3. The smallest absolute Gasteiger partial charge is 0.335 e. The molecule has 0 spiro atoms. The highest BCUT2D eigenvalue weighted by atomic mass is 79.9. The Morgan fingerprint density at radius 3 is 2.23 bits per heavy atom. The van der Waals surface area contributed by atoms with Crippen molar-refractivity contribution in [3.63, 3.8) is 0 Å². The van der Waals surface area contributed by atoms with E-state index in [-0.39, 0.29) is 22.5 Å². The Hall–Kier alpha value is -3.17. The average molecular weight is 421 g/mol. The summed E-state index contributed by atoms with van der Waals surface area (Å²) >= 11 is 3.26. The van der Waals surface area contributed by atoms with Gasteiger partial charge in [-0.05, 0) is 48.0 Å². The average Bonchev–Trinajstić information content (AvgIpc) is 2.56. The fraction of sp³-hybridized carbons (Fsp3) is 0. The summed E-state index contributed by atoms with van der Waals surface area (Å²) in [6.07, 6.45) is 1.23.